The van der Waals surface area contributed by atoms with Gasteiger partial charge in [0.05, 0.1) is 17.2 Å². The van der Waals surface area contributed by atoms with Gasteiger partial charge in [0.15, 0.2) is 26.8 Å². The first-order chi connectivity index (χ1) is 9.97. The molecule has 0 bridgehead atoms. The minimum atomic E-state index is -3.29. The molecule has 0 radical (unpaired) electrons. The van der Waals surface area contributed by atoms with E-state index in [9.17, 15) is 8.42 Å². The molecule has 1 aliphatic heterocycles. The predicted molar refractivity (Wildman–Crippen MR) is 78.9 cm³/mol. The van der Waals surface area contributed by atoms with Crippen molar-refractivity contribution < 1.29 is 13.3 Å². The van der Waals surface area contributed by atoms with Gasteiger partial charge in [0.25, 0.3) is 0 Å². The Bertz CT molecular complexity index is 687. The molecule has 7 heteroatoms. The van der Waals surface area contributed by atoms with Crippen LogP contribution >= 0.6 is 0 Å². The van der Waals surface area contributed by atoms with Crippen LogP contribution in [0.25, 0.3) is 0 Å². The molecule has 1 fully saturated rings. The average molecular weight is 311 g/mol. The van der Waals surface area contributed by atoms with Crippen LogP contribution in [0.5, 0.6) is 0 Å². The van der Waals surface area contributed by atoms with Crippen molar-refractivity contribution in [3.8, 4) is 0 Å². The van der Waals surface area contributed by atoms with Crippen LogP contribution in [0.3, 0.4) is 0 Å². The van der Waals surface area contributed by atoms with E-state index in [1.807, 2.05) is 6.92 Å². The standard InChI is InChI=1S/C14H21N3O3S/c1-4-10-14(21(18,19)5-2)17(3)13(15-10)12-8-11(16-20-12)9-6-7-9/h9,12H,4-8H2,1-3H3. The van der Waals surface area contributed by atoms with Crippen molar-refractivity contribution in [3.63, 3.8) is 0 Å². The number of imidazole rings is 1. The van der Waals surface area contributed by atoms with Gasteiger partial charge in [-0.25, -0.2) is 13.4 Å². The zero-order valence-electron chi connectivity index (χ0n) is 12.7. The van der Waals surface area contributed by atoms with Gasteiger partial charge in [-0.05, 0) is 19.3 Å². The normalized spacial score (nSPS) is 22.2. The van der Waals surface area contributed by atoms with E-state index in [0.717, 1.165) is 12.1 Å². The van der Waals surface area contributed by atoms with Crippen molar-refractivity contribution in [3.05, 3.63) is 11.5 Å². The van der Waals surface area contributed by atoms with Crippen molar-refractivity contribution in [1.29, 1.82) is 0 Å². The van der Waals surface area contributed by atoms with Crippen LogP contribution < -0.4 is 0 Å². The van der Waals surface area contributed by atoms with Crippen molar-refractivity contribution in [2.24, 2.45) is 18.1 Å². The molecule has 1 aromatic rings. The number of aromatic nitrogens is 2. The molecule has 0 amide bonds. The van der Waals surface area contributed by atoms with Gasteiger partial charge in [0.2, 0.25) is 0 Å². The lowest BCUT2D eigenvalue weighted by Gasteiger charge is -2.10. The van der Waals surface area contributed by atoms with Gasteiger partial charge in [-0.3, -0.25) is 0 Å². The van der Waals surface area contributed by atoms with Crippen LogP contribution in [0.2, 0.25) is 0 Å². The van der Waals surface area contributed by atoms with E-state index in [1.54, 1.807) is 18.5 Å². The molecule has 2 aliphatic rings. The smallest absolute Gasteiger partial charge is 0.195 e. The van der Waals surface area contributed by atoms with Crippen LogP contribution in [-0.2, 0) is 28.1 Å². The van der Waals surface area contributed by atoms with E-state index in [2.05, 4.69) is 10.1 Å². The maximum absolute atomic E-state index is 12.3. The maximum atomic E-state index is 12.3. The Hall–Kier alpha value is -1.37. The van der Waals surface area contributed by atoms with E-state index in [1.165, 1.54) is 12.8 Å². The van der Waals surface area contributed by atoms with Gasteiger partial charge in [-0.2, -0.15) is 0 Å². The fourth-order valence-corrected chi connectivity index (χ4v) is 4.13. The van der Waals surface area contributed by atoms with Crippen molar-refractivity contribution in [2.75, 3.05) is 5.75 Å². The van der Waals surface area contributed by atoms with Gasteiger partial charge < -0.3 is 9.40 Å². The van der Waals surface area contributed by atoms with E-state index in [4.69, 9.17) is 4.84 Å². The lowest BCUT2D eigenvalue weighted by atomic mass is 10.1. The summed E-state index contributed by atoms with van der Waals surface area (Å²) < 4.78 is 26.2. The lowest BCUT2D eigenvalue weighted by molar-refractivity contribution is 0.0766. The first-order valence-electron chi connectivity index (χ1n) is 7.48. The van der Waals surface area contributed by atoms with Crippen LogP contribution in [0.4, 0.5) is 0 Å². The molecule has 3 rings (SSSR count). The number of hydrogen-bond donors (Lipinski definition) is 0. The van der Waals surface area contributed by atoms with Crippen molar-refractivity contribution in [2.45, 2.75) is 50.7 Å². The summed E-state index contributed by atoms with van der Waals surface area (Å²) in [6.07, 6.45) is 3.43. The Kier molecular flexibility index (Phi) is 3.55. The van der Waals surface area contributed by atoms with Crippen LogP contribution in [-0.4, -0.2) is 29.4 Å². The highest BCUT2D eigenvalue weighted by Crippen LogP contribution is 2.39. The van der Waals surface area contributed by atoms with Crippen LogP contribution in [0.15, 0.2) is 10.2 Å². The maximum Gasteiger partial charge on any atom is 0.195 e. The SMILES string of the molecule is CCc1nc(C2CC(C3CC3)=NO2)n(C)c1S(=O)(=O)CC. The van der Waals surface area contributed by atoms with Gasteiger partial charge in [-0.15, -0.1) is 0 Å². The van der Waals surface area contributed by atoms with E-state index in [-0.39, 0.29) is 11.9 Å². The third-order valence-corrected chi connectivity index (χ3v) is 6.04. The number of aryl methyl sites for hydroxylation is 1. The molecular weight excluding hydrogens is 290 g/mol. The molecule has 0 spiro atoms. The lowest BCUT2D eigenvalue weighted by Crippen LogP contribution is -2.14. The van der Waals surface area contributed by atoms with Crippen LogP contribution in [0, 0.1) is 5.92 Å². The fraction of sp³-hybridized carbons (Fsp3) is 0.714. The van der Waals surface area contributed by atoms with Gasteiger partial charge in [0, 0.05) is 19.4 Å². The third kappa shape index (κ3) is 2.47. The second-order valence-corrected chi connectivity index (χ2v) is 7.89. The highest BCUT2D eigenvalue weighted by molar-refractivity contribution is 7.91. The minimum absolute atomic E-state index is 0.0777. The first kappa shape index (κ1) is 14.6. The quantitative estimate of drug-likeness (QED) is 0.833. The highest BCUT2D eigenvalue weighted by Gasteiger charge is 2.37. The number of oxime groups is 1. The molecule has 1 saturated carbocycles. The molecular formula is C14H21N3O3S. The molecule has 1 aromatic heterocycles. The fourth-order valence-electron chi connectivity index (χ4n) is 2.79. The molecule has 2 heterocycles. The van der Waals surface area contributed by atoms with Crippen molar-refractivity contribution in [1.82, 2.24) is 9.55 Å². The first-order valence-corrected chi connectivity index (χ1v) is 9.14. The van der Waals surface area contributed by atoms with Gasteiger partial charge in [-0.1, -0.05) is 19.0 Å². The number of rotatable bonds is 5. The molecule has 0 aromatic carbocycles. The second-order valence-electron chi connectivity index (χ2n) is 5.69. The van der Waals surface area contributed by atoms with Crippen molar-refractivity contribution >= 4 is 15.5 Å². The molecule has 0 N–H and O–H groups in total. The molecule has 116 valence electrons. The van der Waals surface area contributed by atoms with E-state index < -0.39 is 9.84 Å². The number of hydrogen-bond acceptors (Lipinski definition) is 5. The molecule has 0 saturated heterocycles. The monoisotopic (exact) mass is 311 g/mol. The summed E-state index contributed by atoms with van der Waals surface area (Å²) >= 11 is 0. The van der Waals surface area contributed by atoms with Gasteiger partial charge >= 0.3 is 0 Å². The number of sulfone groups is 1. The molecule has 1 atom stereocenters. The Morgan fingerprint density at radius 2 is 2.05 bits per heavy atom. The predicted octanol–water partition coefficient (Wildman–Crippen LogP) is 2.00. The van der Waals surface area contributed by atoms with Gasteiger partial charge in [0.1, 0.15) is 0 Å². The summed E-state index contributed by atoms with van der Waals surface area (Å²) in [4.78, 5) is 10.0. The Balaban J connectivity index is 1.94. The molecule has 21 heavy (non-hydrogen) atoms. The summed E-state index contributed by atoms with van der Waals surface area (Å²) in [6.45, 7) is 3.57. The van der Waals surface area contributed by atoms with E-state index in [0.29, 0.717) is 28.9 Å². The van der Waals surface area contributed by atoms with Crippen LogP contribution in [0.1, 0.15) is 50.7 Å². The summed E-state index contributed by atoms with van der Waals surface area (Å²) in [5, 5.41) is 4.48. The second kappa shape index (κ2) is 5.12. The summed E-state index contributed by atoms with van der Waals surface area (Å²) in [5.74, 6) is 1.31. The Labute approximate surface area is 125 Å². The molecule has 6 nitrogen and oxygen atoms in total. The summed E-state index contributed by atoms with van der Waals surface area (Å²) in [5.41, 5.74) is 1.72. The minimum Gasteiger partial charge on any atom is -0.384 e. The summed E-state index contributed by atoms with van der Waals surface area (Å²) in [6, 6.07) is 0. The molecule has 1 unspecified atom stereocenters. The third-order valence-electron chi connectivity index (χ3n) is 4.18. The highest BCUT2D eigenvalue weighted by atomic mass is 32.2. The Morgan fingerprint density at radius 1 is 1.33 bits per heavy atom. The average Bonchev–Trinajstić information content (AvgIpc) is 3.09. The molecule has 1 aliphatic carbocycles. The largest absolute Gasteiger partial charge is 0.384 e. The Morgan fingerprint density at radius 3 is 2.62 bits per heavy atom. The summed E-state index contributed by atoms with van der Waals surface area (Å²) in [7, 11) is -1.54. The zero-order valence-corrected chi connectivity index (χ0v) is 13.5. The topological polar surface area (TPSA) is 73.6 Å². The zero-order chi connectivity index (χ0) is 15.2. The number of nitrogens with zero attached hydrogens (tertiary/aromatic N) is 3. The van der Waals surface area contributed by atoms with E-state index >= 15 is 0 Å².